The number of hydrogen-bond donors (Lipinski definition) is 4. The van der Waals surface area contributed by atoms with Crippen molar-refractivity contribution in [2.75, 3.05) is 30.3 Å². The molecular formula is C25H26ClFN6O3. The third kappa shape index (κ3) is 5.89. The summed E-state index contributed by atoms with van der Waals surface area (Å²) in [5.74, 6) is -1.97. The van der Waals surface area contributed by atoms with Crippen molar-refractivity contribution in [3.63, 3.8) is 0 Å². The molecular weight excluding hydrogens is 487 g/mol. The Morgan fingerprint density at radius 3 is 2.44 bits per heavy atom. The summed E-state index contributed by atoms with van der Waals surface area (Å²) in [5.41, 5.74) is 1.11. The van der Waals surface area contributed by atoms with Crippen LogP contribution in [0.3, 0.4) is 0 Å². The van der Waals surface area contributed by atoms with Crippen molar-refractivity contribution in [1.82, 2.24) is 20.2 Å². The van der Waals surface area contributed by atoms with Gasteiger partial charge in [-0.05, 0) is 68.4 Å². The van der Waals surface area contributed by atoms with E-state index in [0.29, 0.717) is 17.9 Å². The highest BCUT2D eigenvalue weighted by Crippen LogP contribution is 2.21. The number of likely N-dealkylation sites (tertiary alicyclic amines) is 1. The molecule has 1 atom stereocenters. The van der Waals surface area contributed by atoms with Crippen LogP contribution in [0.25, 0.3) is 0 Å². The number of hydrogen-bond acceptors (Lipinski definition) is 5. The molecule has 4 rings (SSSR count). The Kier molecular flexibility index (Phi) is 7.97. The van der Waals surface area contributed by atoms with Gasteiger partial charge in [0, 0.05) is 24.0 Å². The third-order valence-corrected chi connectivity index (χ3v) is 6.37. The van der Waals surface area contributed by atoms with E-state index in [2.05, 4.69) is 37.7 Å². The molecule has 1 aromatic heterocycles. The van der Waals surface area contributed by atoms with E-state index in [-0.39, 0.29) is 28.0 Å². The minimum absolute atomic E-state index is 0.00159. The van der Waals surface area contributed by atoms with E-state index in [9.17, 15) is 18.8 Å². The van der Waals surface area contributed by atoms with E-state index in [1.807, 2.05) is 0 Å². The van der Waals surface area contributed by atoms with Crippen LogP contribution in [0, 0.1) is 5.82 Å². The maximum atomic E-state index is 13.2. The van der Waals surface area contributed by atoms with Gasteiger partial charge in [0.05, 0.1) is 16.9 Å². The van der Waals surface area contributed by atoms with Crippen LogP contribution in [0.5, 0.6) is 0 Å². The minimum Gasteiger partial charge on any atom is -0.349 e. The summed E-state index contributed by atoms with van der Waals surface area (Å²) in [6.07, 6.45) is 3.43. The van der Waals surface area contributed by atoms with Crippen LogP contribution in [0.2, 0.25) is 5.02 Å². The molecule has 0 spiro atoms. The monoisotopic (exact) mass is 512 g/mol. The van der Waals surface area contributed by atoms with E-state index in [0.717, 1.165) is 38.1 Å². The van der Waals surface area contributed by atoms with Crippen molar-refractivity contribution in [2.45, 2.75) is 25.8 Å². The molecule has 1 saturated heterocycles. The zero-order chi connectivity index (χ0) is 25.7. The van der Waals surface area contributed by atoms with Crippen LogP contribution in [0.4, 0.5) is 15.8 Å². The topological polar surface area (TPSA) is 119 Å². The molecule has 0 aliphatic carbocycles. The molecule has 11 heteroatoms. The van der Waals surface area contributed by atoms with E-state index in [1.165, 1.54) is 12.4 Å². The second kappa shape index (κ2) is 11.3. The summed E-state index contributed by atoms with van der Waals surface area (Å²) in [4.78, 5) is 46.9. The number of nitrogens with one attached hydrogen (secondary N) is 4. The minimum atomic E-state index is -0.536. The number of aromatic amines is 1. The van der Waals surface area contributed by atoms with Gasteiger partial charge in [-0.1, -0.05) is 18.5 Å². The van der Waals surface area contributed by atoms with Gasteiger partial charge in [-0.15, -0.1) is 0 Å². The zero-order valence-electron chi connectivity index (χ0n) is 19.6. The number of benzene rings is 2. The lowest BCUT2D eigenvalue weighted by molar-refractivity contribution is 0.0924. The molecule has 9 nitrogen and oxygen atoms in total. The van der Waals surface area contributed by atoms with Crippen molar-refractivity contribution in [3.05, 3.63) is 76.6 Å². The van der Waals surface area contributed by atoms with Gasteiger partial charge >= 0.3 is 0 Å². The Bertz CT molecular complexity index is 1260. The van der Waals surface area contributed by atoms with Crippen LogP contribution >= 0.6 is 11.6 Å². The fourth-order valence-corrected chi connectivity index (χ4v) is 4.43. The molecule has 1 fully saturated rings. The number of carbonyl (C=O) groups excluding carboxylic acids is 3. The van der Waals surface area contributed by atoms with Crippen LogP contribution in [0.15, 0.2) is 48.8 Å². The number of imidazole rings is 1. The lowest BCUT2D eigenvalue weighted by Crippen LogP contribution is -2.40. The van der Waals surface area contributed by atoms with Gasteiger partial charge in [0.1, 0.15) is 11.5 Å². The smallest absolute Gasteiger partial charge is 0.274 e. The summed E-state index contributed by atoms with van der Waals surface area (Å²) < 4.78 is 13.2. The predicted octanol–water partition coefficient (Wildman–Crippen LogP) is 3.92. The molecule has 3 aromatic rings. The lowest BCUT2D eigenvalue weighted by Gasteiger charge is -2.22. The highest BCUT2D eigenvalue weighted by atomic mass is 35.5. The Balaban J connectivity index is 1.35. The summed E-state index contributed by atoms with van der Waals surface area (Å²) in [7, 11) is 0. The first-order valence-electron chi connectivity index (χ1n) is 11.6. The van der Waals surface area contributed by atoms with E-state index in [1.54, 1.807) is 24.3 Å². The number of anilines is 2. The number of carbonyl (C=O) groups is 3. The van der Waals surface area contributed by atoms with Gasteiger partial charge in [0.25, 0.3) is 17.7 Å². The maximum Gasteiger partial charge on any atom is 0.274 e. The van der Waals surface area contributed by atoms with Crippen molar-refractivity contribution in [2.24, 2.45) is 0 Å². The maximum absolute atomic E-state index is 13.2. The van der Waals surface area contributed by atoms with Gasteiger partial charge in [0.2, 0.25) is 0 Å². The normalized spacial score (nSPS) is 15.5. The highest BCUT2D eigenvalue weighted by Gasteiger charge is 2.25. The van der Waals surface area contributed by atoms with Crippen LogP contribution < -0.4 is 16.0 Å². The molecule has 4 N–H and O–H groups in total. The highest BCUT2D eigenvalue weighted by molar-refractivity contribution is 6.34. The number of likely N-dealkylation sites (N-methyl/N-ethyl adjacent to an activating group) is 1. The molecule has 0 radical (unpaired) electrons. The number of amides is 3. The second-order valence-corrected chi connectivity index (χ2v) is 8.78. The van der Waals surface area contributed by atoms with Crippen LogP contribution in [-0.4, -0.2) is 58.3 Å². The summed E-state index contributed by atoms with van der Waals surface area (Å²) in [6, 6.07) is 10.2. The number of halogens is 2. The van der Waals surface area contributed by atoms with Crippen molar-refractivity contribution < 1.29 is 18.8 Å². The molecule has 0 bridgehead atoms. The van der Waals surface area contributed by atoms with Crippen molar-refractivity contribution in [1.29, 1.82) is 0 Å². The Labute approximate surface area is 212 Å². The fraction of sp³-hybridized carbons (Fsp3) is 0.280. The lowest BCUT2D eigenvalue weighted by atomic mass is 10.2. The van der Waals surface area contributed by atoms with Gasteiger partial charge in [0.15, 0.2) is 5.69 Å². The Morgan fingerprint density at radius 2 is 1.78 bits per heavy atom. The van der Waals surface area contributed by atoms with Crippen LogP contribution in [0.1, 0.15) is 51.1 Å². The summed E-state index contributed by atoms with van der Waals surface area (Å²) >= 11 is 5.94. The van der Waals surface area contributed by atoms with Gasteiger partial charge < -0.3 is 20.9 Å². The predicted molar refractivity (Wildman–Crippen MR) is 135 cm³/mol. The molecule has 2 aromatic carbocycles. The standard InChI is InChI=1S/C25H26ClFN6O3/c1-2-33-11-3-4-18(33)13-28-24(35)21-22(30-14-29-21)25(36)32-17-8-6-16(7-9-17)31-23(34)19-10-5-15(27)12-20(19)26/h5-10,12,14,18H,2-4,11,13H2,1H3,(H,28,35)(H,29,30)(H,31,34)(H,32,36). The Hall–Kier alpha value is -3.76. The molecule has 188 valence electrons. The first-order valence-corrected chi connectivity index (χ1v) is 12.0. The summed E-state index contributed by atoms with van der Waals surface area (Å²) in [5, 5.41) is 8.26. The average molecular weight is 513 g/mol. The molecule has 36 heavy (non-hydrogen) atoms. The zero-order valence-corrected chi connectivity index (χ0v) is 20.4. The van der Waals surface area contributed by atoms with Crippen molar-refractivity contribution >= 4 is 40.7 Å². The van der Waals surface area contributed by atoms with Gasteiger partial charge in [-0.3, -0.25) is 19.3 Å². The molecule has 1 aliphatic heterocycles. The number of nitrogens with zero attached hydrogens (tertiary/aromatic N) is 2. The number of aromatic nitrogens is 2. The molecule has 3 amide bonds. The fourth-order valence-electron chi connectivity index (χ4n) is 4.18. The third-order valence-electron chi connectivity index (χ3n) is 6.06. The molecule has 0 saturated carbocycles. The van der Waals surface area contributed by atoms with E-state index < -0.39 is 23.5 Å². The molecule has 2 heterocycles. The second-order valence-electron chi connectivity index (χ2n) is 8.37. The quantitative estimate of drug-likeness (QED) is 0.365. The van der Waals surface area contributed by atoms with E-state index >= 15 is 0 Å². The van der Waals surface area contributed by atoms with Gasteiger partial charge in [-0.2, -0.15) is 0 Å². The largest absolute Gasteiger partial charge is 0.349 e. The Morgan fingerprint density at radius 1 is 1.08 bits per heavy atom. The van der Waals surface area contributed by atoms with E-state index in [4.69, 9.17) is 11.6 Å². The first-order chi connectivity index (χ1) is 17.4. The number of H-pyrrole nitrogens is 1. The molecule has 1 aliphatic rings. The first kappa shape index (κ1) is 25.3. The summed E-state index contributed by atoms with van der Waals surface area (Å²) in [6.45, 7) is 4.55. The SMILES string of the molecule is CCN1CCCC1CNC(=O)c1nc[nH]c1C(=O)Nc1ccc(NC(=O)c2ccc(F)cc2Cl)cc1. The van der Waals surface area contributed by atoms with Crippen LogP contribution in [-0.2, 0) is 0 Å². The molecule has 1 unspecified atom stereocenters. The number of rotatable bonds is 8. The average Bonchev–Trinajstić information content (AvgIpc) is 3.53. The van der Waals surface area contributed by atoms with Crippen molar-refractivity contribution in [3.8, 4) is 0 Å². The van der Waals surface area contributed by atoms with Gasteiger partial charge in [-0.25, -0.2) is 9.37 Å².